The first-order valence-corrected chi connectivity index (χ1v) is 5.36. The third-order valence-electron chi connectivity index (χ3n) is 2.04. The molecule has 18 heavy (non-hydrogen) atoms. The van der Waals surface area contributed by atoms with E-state index < -0.39 is 5.97 Å². The van der Waals surface area contributed by atoms with Crippen LogP contribution in [0.15, 0.2) is 12.4 Å². The van der Waals surface area contributed by atoms with Gasteiger partial charge in [-0.05, 0) is 0 Å². The average molecular weight is 256 g/mol. The Bertz CT molecular complexity index is 379. The number of H-pyrrole nitrogens is 1. The number of hydrogen-bond donors (Lipinski definition) is 3. The summed E-state index contributed by atoms with van der Waals surface area (Å²) in [6.07, 6.45) is 3.29. The highest BCUT2D eigenvalue weighted by molar-refractivity contribution is 5.73. The largest absolute Gasteiger partial charge is 0.480 e. The van der Waals surface area contributed by atoms with Crippen LogP contribution >= 0.6 is 0 Å². The molecule has 1 heterocycles. The lowest BCUT2D eigenvalue weighted by Gasteiger charge is -2.16. The molecule has 1 aromatic rings. The molecule has 0 saturated heterocycles. The molecule has 0 aliphatic rings. The van der Waals surface area contributed by atoms with E-state index in [1.807, 2.05) is 0 Å². The summed E-state index contributed by atoms with van der Waals surface area (Å²) in [6.45, 7) is 0.425. The molecule has 0 spiro atoms. The number of carboxylic acid groups (broad SMARTS) is 1. The van der Waals surface area contributed by atoms with Crippen LogP contribution in [0.5, 0.6) is 0 Å². The molecule has 0 saturated carbocycles. The second-order valence-corrected chi connectivity index (χ2v) is 3.57. The second-order valence-electron chi connectivity index (χ2n) is 3.57. The number of carbonyl (C=O) groups is 2. The molecule has 100 valence electrons. The Morgan fingerprint density at radius 1 is 1.61 bits per heavy atom. The van der Waals surface area contributed by atoms with Crippen molar-refractivity contribution in [2.24, 2.45) is 0 Å². The van der Waals surface area contributed by atoms with Gasteiger partial charge in [0.25, 0.3) is 0 Å². The molecule has 0 aromatic carbocycles. The maximum atomic E-state index is 11.6. The summed E-state index contributed by atoms with van der Waals surface area (Å²) in [5.41, 5.74) is 0. The van der Waals surface area contributed by atoms with Crippen LogP contribution in [-0.2, 0) is 16.1 Å². The quantitative estimate of drug-likeness (QED) is 0.578. The van der Waals surface area contributed by atoms with Gasteiger partial charge < -0.3 is 25.0 Å². The summed E-state index contributed by atoms with van der Waals surface area (Å²) in [6, 6.07) is -0.273. The molecule has 2 amide bonds. The van der Waals surface area contributed by atoms with Crippen molar-refractivity contribution in [3.05, 3.63) is 18.2 Å². The molecule has 0 radical (unpaired) electrons. The Balaban J connectivity index is 2.14. The smallest absolute Gasteiger partial charge is 0.329 e. The number of urea groups is 1. The predicted molar refractivity (Wildman–Crippen MR) is 61.9 cm³/mol. The minimum Gasteiger partial charge on any atom is -0.480 e. The maximum Gasteiger partial charge on any atom is 0.329 e. The number of imidazole rings is 1. The Kier molecular flexibility index (Phi) is 5.65. The van der Waals surface area contributed by atoms with Gasteiger partial charge in [-0.3, -0.25) is 0 Å². The van der Waals surface area contributed by atoms with Crippen LogP contribution in [0.1, 0.15) is 5.82 Å². The minimum atomic E-state index is -1.03. The number of nitrogens with zero attached hydrogens (tertiary/aromatic N) is 2. The normalized spacial score (nSPS) is 10.1. The fourth-order valence-electron chi connectivity index (χ4n) is 1.21. The van der Waals surface area contributed by atoms with Crippen LogP contribution in [0.25, 0.3) is 0 Å². The highest BCUT2D eigenvalue weighted by Crippen LogP contribution is 1.95. The SMILES string of the molecule is CN(Cc1ncc[nH]1)C(=O)NCCOCC(=O)O. The van der Waals surface area contributed by atoms with E-state index in [4.69, 9.17) is 9.84 Å². The van der Waals surface area contributed by atoms with Crippen molar-refractivity contribution in [3.8, 4) is 0 Å². The molecule has 1 aromatic heterocycles. The lowest BCUT2D eigenvalue weighted by molar-refractivity contribution is -0.142. The van der Waals surface area contributed by atoms with Crippen molar-refractivity contribution in [1.29, 1.82) is 0 Å². The summed E-state index contributed by atoms with van der Waals surface area (Å²) >= 11 is 0. The standard InChI is InChI=1S/C10H16N4O4/c1-14(6-8-11-2-3-12-8)10(17)13-4-5-18-7-9(15)16/h2-3H,4-7H2,1H3,(H,11,12)(H,13,17)(H,15,16). The molecule has 0 fully saturated rings. The van der Waals surface area contributed by atoms with Gasteiger partial charge in [0.05, 0.1) is 13.2 Å². The monoisotopic (exact) mass is 256 g/mol. The van der Waals surface area contributed by atoms with Gasteiger partial charge in [-0.25, -0.2) is 14.6 Å². The van der Waals surface area contributed by atoms with E-state index in [9.17, 15) is 9.59 Å². The molecule has 1 rings (SSSR count). The molecule has 0 aliphatic heterocycles. The molecule has 0 atom stereocenters. The van der Waals surface area contributed by atoms with E-state index in [0.29, 0.717) is 12.4 Å². The van der Waals surface area contributed by atoms with E-state index in [-0.39, 0.29) is 25.8 Å². The number of ether oxygens (including phenoxy) is 1. The van der Waals surface area contributed by atoms with Crippen LogP contribution in [-0.4, -0.2) is 58.8 Å². The van der Waals surface area contributed by atoms with E-state index in [1.54, 1.807) is 19.4 Å². The maximum absolute atomic E-state index is 11.6. The van der Waals surface area contributed by atoms with Crippen LogP contribution in [0.2, 0.25) is 0 Å². The Morgan fingerprint density at radius 3 is 3.00 bits per heavy atom. The van der Waals surface area contributed by atoms with Gasteiger partial charge in [0.1, 0.15) is 12.4 Å². The fraction of sp³-hybridized carbons (Fsp3) is 0.500. The molecular weight excluding hydrogens is 240 g/mol. The molecular formula is C10H16N4O4. The average Bonchev–Trinajstić information content (AvgIpc) is 2.80. The Labute approximate surface area is 104 Å². The Morgan fingerprint density at radius 2 is 2.39 bits per heavy atom. The number of carboxylic acids is 1. The number of amides is 2. The number of aromatic amines is 1. The van der Waals surface area contributed by atoms with Gasteiger partial charge in [-0.1, -0.05) is 0 Å². The van der Waals surface area contributed by atoms with Crippen LogP contribution in [0, 0.1) is 0 Å². The number of nitrogens with one attached hydrogen (secondary N) is 2. The summed E-state index contributed by atoms with van der Waals surface area (Å²) in [5, 5.41) is 10.9. The van der Waals surface area contributed by atoms with Gasteiger partial charge in [0.2, 0.25) is 0 Å². The second kappa shape index (κ2) is 7.28. The summed E-state index contributed by atoms with van der Waals surface area (Å²) < 4.78 is 4.78. The van der Waals surface area contributed by atoms with Gasteiger partial charge in [-0.2, -0.15) is 0 Å². The van der Waals surface area contributed by atoms with E-state index in [1.165, 1.54) is 4.90 Å². The molecule has 0 aliphatic carbocycles. The van der Waals surface area contributed by atoms with Crippen molar-refractivity contribution < 1.29 is 19.4 Å². The van der Waals surface area contributed by atoms with Gasteiger partial charge in [0.15, 0.2) is 0 Å². The molecule has 0 unspecified atom stereocenters. The summed E-state index contributed by atoms with van der Waals surface area (Å²) in [4.78, 5) is 30.1. The number of rotatable bonds is 7. The topological polar surface area (TPSA) is 108 Å². The Hall–Kier alpha value is -2.09. The highest BCUT2D eigenvalue weighted by atomic mass is 16.5. The van der Waals surface area contributed by atoms with Crippen LogP contribution < -0.4 is 5.32 Å². The third-order valence-corrected chi connectivity index (χ3v) is 2.04. The zero-order chi connectivity index (χ0) is 13.4. The van der Waals surface area contributed by atoms with Gasteiger partial charge in [0, 0.05) is 26.0 Å². The summed E-state index contributed by atoms with van der Waals surface area (Å²) in [7, 11) is 1.63. The lowest BCUT2D eigenvalue weighted by atomic mass is 10.5. The number of aliphatic carboxylic acids is 1. The number of carbonyl (C=O) groups excluding carboxylic acids is 1. The zero-order valence-corrected chi connectivity index (χ0v) is 10.0. The zero-order valence-electron chi connectivity index (χ0n) is 10.0. The number of hydrogen-bond acceptors (Lipinski definition) is 4. The molecule has 0 bridgehead atoms. The predicted octanol–water partition coefficient (Wildman–Crippen LogP) is -0.348. The van der Waals surface area contributed by atoms with Crippen LogP contribution in [0.4, 0.5) is 4.79 Å². The minimum absolute atomic E-state index is 0.159. The van der Waals surface area contributed by atoms with Gasteiger partial charge in [-0.15, -0.1) is 0 Å². The van der Waals surface area contributed by atoms with Crippen molar-refractivity contribution in [2.75, 3.05) is 26.8 Å². The van der Waals surface area contributed by atoms with E-state index in [2.05, 4.69) is 15.3 Å². The first-order valence-electron chi connectivity index (χ1n) is 5.36. The summed E-state index contributed by atoms with van der Waals surface area (Å²) in [5.74, 6) is -0.342. The number of aromatic nitrogens is 2. The highest BCUT2D eigenvalue weighted by Gasteiger charge is 2.09. The van der Waals surface area contributed by atoms with Crippen molar-refractivity contribution in [3.63, 3.8) is 0 Å². The van der Waals surface area contributed by atoms with E-state index >= 15 is 0 Å². The van der Waals surface area contributed by atoms with Crippen molar-refractivity contribution in [1.82, 2.24) is 20.2 Å². The van der Waals surface area contributed by atoms with E-state index in [0.717, 1.165) is 0 Å². The van der Waals surface area contributed by atoms with Gasteiger partial charge >= 0.3 is 12.0 Å². The fourth-order valence-corrected chi connectivity index (χ4v) is 1.21. The molecule has 3 N–H and O–H groups in total. The first-order chi connectivity index (χ1) is 8.59. The first kappa shape index (κ1) is 14.0. The molecule has 8 nitrogen and oxygen atoms in total. The van der Waals surface area contributed by atoms with Crippen LogP contribution in [0.3, 0.4) is 0 Å². The van der Waals surface area contributed by atoms with Crippen molar-refractivity contribution in [2.45, 2.75) is 6.54 Å². The third kappa shape index (κ3) is 5.30. The lowest BCUT2D eigenvalue weighted by Crippen LogP contribution is -2.38. The van der Waals surface area contributed by atoms with Crippen molar-refractivity contribution >= 4 is 12.0 Å². The molecule has 8 heteroatoms.